The molecule has 2 aromatic rings. The molecule has 1 aliphatic carbocycles. The summed E-state index contributed by atoms with van der Waals surface area (Å²) in [5.41, 5.74) is 0.331. The van der Waals surface area contributed by atoms with Crippen LogP contribution in [0, 0.1) is 0 Å². The van der Waals surface area contributed by atoms with E-state index in [-0.39, 0.29) is 6.61 Å². The van der Waals surface area contributed by atoms with Crippen molar-refractivity contribution in [2.75, 3.05) is 7.11 Å². The van der Waals surface area contributed by atoms with Crippen molar-refractivity contribution in [2.24, 2.45) is 0 Å². The van der Waals surface area contributed by atoms with E-state index in [9.17, 15) is 9.90 Å². The van der Waals surface area contributed by atoms with Gasteiger partial charge in [-0.2, -0.15) is 0 Å². The van der Waals surface area contributed by atoms with Gasteiger partial charge < -0.3 is 14.6 Å². The van der Waals surface area contributed by atoms with Crippen LogP contribution < -0.4 is 4.74 Å². The molecule has 128 valence electrons. The number of hydrogen-bond donors (Lipinski definition) is 1. The van der Waals surface area contributed by atoms with Gasteiger partial charge in [0.1, 0.15) is 17.4 Å². The van der Waals surface area contributed by atoms with Crippen molar-refractivity contribution < 1.29 is 19.4 Å². The number of methoxy groups -OCH3 is 1. The lowest BCUT2D eigenvalue weighted by Crippen LogP contribution is -2.41. The standard InChI is InChI=1S/C18H21NO4S/c1-22-15-7-5-6-13(10-15)16-19-14(12-24-16)11-23-17(20)18(21)8-3-2-4-9-18/h5-7,10,12,21H,2-4,8-9,11H2,1H3. The normalized spacial score (nSPS) is 16.6. The zero-order valence-corrected chi connectivity index (χ0v) is 14.5. The first-order chi connectivity index (χ1) is 11.6. The third kappa shape index (κ3) is 3.76. The van der Waals surface area contributed by atoms with Gasteiger partial charge in [-0.3, -0.25) is 0 Å². The number of rotatable bonds is 5. The smallest absolute Gasteiger partial charge is 0.338 e. The average Bonchev–Trinajstić information content (AvgIpc) is 3.09. The molecule has 1 fully saturated rings. The number of aliphatic hydroxyl groups is 1. The second-order valence-corrected chi connectivity index (χ2v) is 6.90. The number of esters is 1. The quantitative estimate of drug-likeness (QED) is 0.838. The van der Waals surface area contributed by atoms with E-state index in [4.69, 9.17) is 9.47 Å². The zero-order valence-electron chi connectivity index (χ0n) is 13.7. The molecular formula is C18H21NO4S. The fourth-order valence-corrected chi connectivity index (χ4v) is 3.68. The van der Waals surface area contributed by atoms with E-state index in [0.717, 1.165) is 35.6 Å². The number of nitrogens with zero attached hydrogens (tertiary/aromatic N) is 1. The number of thiazole rings is 1. The van der Waals surface area contributed by atoms with Gasteiger partial charge in [-0.15, -0.1) is 11.3 Å². The van der Waals surface area contributed by atoms with Crippen LogP contribution in [0.5, 0.6) is 5.75 Å². The molecule has 1 aromatic heterocycles. The summed E-state index contributed by atoms with van der Waals surface area (Å²) >= 11 is 1.49. The van der Waals surface area contributed by atoms with Crippen molar-refractivity contribution in [3.63, 3.8) is 0 Å². The molecule has 24 heavy (non-hydrogen) atoms. The molecule has 0 bridgehead atoms. The third-order valence-corrected chi connectivity index (χ3v) is 5.22. The summed E-state index contributed by atoms with van der Waals surface area (Å²) < 4.78 is 10.5. The van der Waals surface area contributed by atoms with Crippen LogP contribution in [0.15, 0.2) is 29.6 Å². The zero-order chi connectivity index (χ0) is 17.0. The van der Waals surface area contributed by atoms with E-state index in [1.165, 1.54) is 11.3 Å². The molecule has 1 saturated carbocycles. The van der Waals surface area contributed by atoms with E-state index in [2.05, 4.69) is 4.98 Å². The highest BCUT2D eigenvalue weighted by Crippen LogP contribution is 2.30. The van der Waals surface area contributed by atoms with Crippen LogP contribution in [0.1, 0.15) is 37.8 Å². The first kappa shape index (κ1) is 16.9. The number of hydrogen-bond acceptors (Lipinski definition) is 6. The minimum absolute atomic E-state index is 0.0849. The predicted molar refractivity (Wildman–Crippen MR) is 91.9 cm³/mol. The van der Waals surface area contributed by atoms with Crippen LogP contribution in [-0.2, 0) is 16.1 Å². The lowest BCUT2D eigenvalue weighted by Gasteiger charge is -2.29. The molecule has 1 aliphatic rings. The second kappa shape index (κ2) is 7.32. The molecule has 3 rings (SSSR count). The van der Waals surface area contributed by atoms with Crippen LogP contribution >= 0.6 is 11.3 Å². The van der Waals surface area contributed by atoms with Crippen LogP contribution in [0.2, 0.25) is 0 Å². The molecule has 0 spiro atoms. The highest BCUT2D eigenvalue weighted by atomic mass is 32.1. The van der Waals surface area contributed by atoms with Crippen LogP contribution in [0.4, 0.5) is 0 Å². The molecular weight excluding hydrogens is 326 g/mol. The summed E-state index contributed by atoms with van der Waals surface area (Å²) in [6, 6.07) is 7.67. The fraction of sp³-hybridized carbons (Fsp3) is 0.444. The molecule has 1 N–H and O–H groups in total. The summed E-state index contributed by atoms with van der Waals surface area (Å²) in [5.74, 6) is 0.244. The molecule has 1 aromatic carbocycles. The molecule has 5 nitrogen and oxygen atoms in total. The van der Waals surface area contributed by atoms with Crippen molar-refractivity contribution in [1.82, 2.24) is 4.98 Å². The number of benzene rings is 1. The first-order valence-corrected chi connectivity index (χ1v) is 8.97. The SMILES string of the molecule is COc1cccc(-c2nc(COC(=O)C3(O)CCCCC3)cs2)c1. The van der Waals surface area contributed by atoms with Gasteiger partial charge in [0.25, 0.3) is 0 Å². The van der Waals surface area contributed by atoms with Gasteiger partial charge in [0.05, 0.1) is 12.8 Å². The van der Waals surface area contributed by atoms with Crippen LogP contribution in [0.3, 0.4) is 0 Å². The van der Waals surface area contributed by atoms with E-state index in [1.807, 2.05) is 29.6 Å². The van der Waals surface area contributed by atoms with Gasteiger partial charge in [0.15, 0.2) is 5.60 Å². The second-order valence-electron chi connectivity index (χ2n) is 6.04. The number of aromatic nitrogens is 1. The van der Waals surface area contributed by atoms with Crippen molar-refractivity contribution in [3.8, 4) is 16.3 Å². The number of carbonyl (C=O) groups excluding carboxylic acids is 1. The maximum absolute atomic E-state index is 12.1. The molecule has 0 aliphatic heterocycles. The Balaban J connectivity index is 1.62. The molecule has 1 heterocycles. The van der Waals surface area contributed by atoms with Crippen molar-refractivity contribution in [1.29, 1.82) is 0 Å². The first-order valence-electron chi connectivity index (χ1n) is 8.09. The Bertz CT molecular complexity index is 707. The Morgan fingerprint density at radius 3 is 2.88 bits per heavy atom. The van der Waals surface area contributed by atoms with Gasteiger partial charge in [-0.1, -0.05) is 18.6 Å². The van der Waals surface area contributed by atoms with Crippen LogP contribution in [0.25, 0.3) is 10.6 Å². The fourth-order valence-electron chi connectivity index (χ4n) is 2.88. The van der Waals surface area contributed by atoms with Gasteiger partial charge in [0.2, 0.25) is 0 Å². The summed E-state index contributed by atoms with van der Waals surface area (Å²) in [7, 11) is 1.63. The van der Waals surface area contributed by atoms with Crippen molar-refractivity contribution in [2.45, 2.75) is 44.3 Å². The van der Waals surface area contributed by atoms with Gasteiger partial charge in [0, 0.05) is 10.9 Å². The van der Waals surface area contributed by atoms with Gasteiger partial charge in [-0.25, -0.2) is 9.78 Å². The number of carbonyl (C=O) groups is 1. The Kier molecular flexibility index (Phi) is 5.16. The van der Waals surface area contributed by atoms with Crippen molar-refractivity contribution in [3.05, 3.63) is 35.3 Å². The molecule has 0 saturated heterocycles. The van der Waals surface area contributed by atoms with Crippen LogP contribution in [-0.4, -0.2) is 28.8 Å². The minimum atomic E-state index is -1.32. The maximum atomic E-state index is 12.1. The molecule has 0 unspecified atom stereocenters. The Morgan fingerprint density at radius 2 is 2.12 bits per heavy atom. The van der Waals surface area contributed by atoms with Gasteiger partial charge >= 0.3 is 5.97 Å². The highest BCUT2D eigenvalue weighted by molar-refractivity contribution is 7.13. The topological polar surface area (TPSA) is 68.7 Å². The Labute approximate surface area is 145 Å². The van der Waals surface area contributed by atoms with Crippen molar-refractivity contribution >= 4 is 17.3 Å². The van der Waals surface area contributed by atoms with Gasteiger partial charge in [-0.05, 0) is 37.8 Å². The lowest BCUT2D eigenvalue weighted by atomic mass is 9.85. The molecule has 0 atom stereocenters. The molecule has 0 radical (unpaired) electrons. The summed E-state index contributed by atoms with van der Waals surface area (Å²) in [6.45, 7) is 0.0849. The highest BCUT2D eigenvalue weighted by Gasteiger charge is 2.38. The van der Waals surface area contributed by atoms with E-state index < -0.39 is 11.6 Å². The van der Waals surface area contributed by atoms with E-state index in [1.54, 1.807) is 7.11 Å². The molecule has 6 heteroatoms. The third-order valence-electron chi connectivity index (χ3n) is 4.28. The minimum Gasteiger partial charge on any atom is -0.497 e. The Hall–Kier alpha value is -1.92. The average molecular weight is 347 g/mol. The Morgan fingerprint density at radius 1 is 1.33 bits per heavy atom. The maximum Gasteiger partial charge on any atom is 0.338 e. The summed E-state index contributed by atoms with van der Waals surface area (Å²) in [6.07, 6.45) is 3.76. The predicted octanol–water partition coefficient (Wildman–Crippen LogP) is 3.56. The van der Waals surface area contributed by atoms with E-state index in [0.29, 0.717) is 18.5 Å². The summed E-state index contributed by atoms with van der Waals surface area (Å²) in [4.78, 5) is 16.6. The monoisotopic (exact) mass is 347 g/mol. The molecule has 0 amide bonds. The lowest BCUT2D eigenvalue weighted by molar-refractivity contribution is -0.170. The summed E-state index contributed by atoms with van der Waals surface area (Å²) in [5, 5.41) is 13.1. The number of ether oxygens (including phenoxy) is 2. The largest absolute Gasteiger partial charge is 0.497 e. The van der Waals surface area contributed by atoms with E-state index >= 15 is 0 Å².